The van der Waals surface area contributed by atoms with Gasteiger partial charge in [-0.1, -0.05) is 36.4 Å². The number of piperazine rings is 1. The summed E-state index contributed by atoms with van der Waals surface area (Å²) in [4.78, 5) is 15.1. The fourth-order valence-electron chi connectivity index (χ4n) is 3.43. The van der Waals surface area contributed by atoms with Crippen LogP contribution >= 0.6 is 12.4 Å². The molecule has 3 rings (SSSR count). The minimum atomic E-state index is -3.50. The average Bonchev–Trinajstić information content (AvgIpc) is 2.61. The molecule has 2 unspecified atom stereocenters. The molecule has 1 fully saturated rings. The van der Waals surface area contributed by atoms with E-state index in [9.17, 15) is 13.2 Å². The molecule has 146 valence electrons. The van der Waals surface area contributed by atoms with Crippen molar-refractivity contribution in [1.82, 2.24) is 10.2 Å². The van der Waals surface area contributed by atoms with E-state index in [1.807, 2.05) is 13.8 Å². The van der Waals surface area contributed by atoms with Gasteiger partial charge >= 0.3 is 0 Å². The maximum absolute atomic E-state index is 13.0. The standard InChI is InChI=1S/C20H24N2O3S.ClH/c1-15-12-22(13-16(2)21-15)20(23)19-11-7-6-8-17(19)14-26(24,25)18-9-4-3-5-10-18;/h3-11,15-16,21H,12-14H2,1-2H3;1H. The molecule has 1 N–H and O–H groups in total. The van der Waals surface area contributed by atoms with Gasteiger partial charge in [0.2, 0.25) is 0 Å². The summed E-state index contributed by atoms with van der Waals surface area (Å²) in [5.74, 6) is -0.292. The topological polar surface area (TPSA) is 66.5 Å². The summed E-state index contributed by atoms with van der Waals surface area (Å²) in [6.07, 6.45) is 0. The van der Waals surface area contributed by atoms with Crippen LogP contribution in [0, 0.1) is 0 Å². The summed E-state index contributed by atoms with van der Waals surface area (Å²) in [5.41, 5.74) is 1.01. The summed E-state index contributed by atoms with van der Waals surface area (Å²) in [7, 11) is -3.50. The molecule has 0 saturated carbocycles. The molecule has 7 heteroatoms. The van der Waals surface area contributed by atoms with Crippen LogP contribution in [0.2, 0.25) is 0 Å². The molecule has 0 aliphatic carbocycles. The highest BCUT2D eigenvalue weighted by molar-refractivity contribution is 7.90. The smallest absolute Gasteiger partial charge is 0.254 e. The molecule has 2 aromatic rings. The van der Waals surface area contributed by atoms with Gasteiger partial charge in [0.1, 0.15) is 0 Å². The molecule has 0 aromatic heterocycles. The first kappa shape index (κ1) is 21.4. The lowest BCUT2D eigenvalue weighted by Gasteiger charge is -2.36. The zero-order valence-electron chi connectivity index (χ0n) is 15.5. The largest absolute Gasteiger partial charge is 0.336 e. The van der Waals surface area contributed by atoms with E-state index < -0.39 is 9.84 Å². The zero-order valence-corrected chi connectivity index (χ0v) is 17.1. The minimum absolute atomic E-state index is 0. The minimum Gasteiger partial charge on any atom is -0.336 e. The van der Waals surface area contributed by atoms with Crippen molar-refractivity contribution >= 4 is 28.2 Å². The first-order chi connectivity index (χ1) is 12.4. The summed E-state index contributed by atoms with van der Waals surface area (Å²) >= 11 is 0. The molecule has 0 bridgehead atoms. The van der Waals surface area contributed by atoms with Crippen LogP contribution in [0.3, 0.4) is 0 Å². The molecule has 1 heterocycles. The van der Waals surface area contributed by atoms with Crippen molar-refractivity contribution in [2.75, 3.05) is 13.1 Å². The lowest BCUT2D eigenvalue weighted by molar-refractivity contribution is 0.0673. The lowest BCUT2D eigenvalue weighted by Crippen LogP contribution is -2.55. The molecular weight excluding hydrogens is 384 g/mol. The molecule has 2 atom stereocenters. The van der Waals surface area contributed by atoms with Gasteiger partial charge in [0.15, 0.2) is 9.84 Å². The number of hydrogen-bond acceptors (Lipinski definition) is 4. The first-order valence-electron chi connectivity index (χ1n) is 8.78. The van der Waals surface area contributed by atoms with E-state index in [2.05, 4.69) is 5.32 Å². The van der Waals surface area contributed by atoms with Crippen molar-refractivity contribution in [3.63, 3.8) is 0 Å². The number of benzene rings is 2. The Bertz CT molecular complexity index is 877. The predicted octanol–water partition coefficient (Wildman–Crippen LogP) is 2.90. The molecule has 1 saturated heterocycles. The SMILES string of the molecule is CC1CN(C(=O)c2ccccc2CS(=O)(=O)c2ccccc2)CC(C)N1.Cl. The lowest BCUT2D eigenvalue weighted by atomic mass is 10.1. The Labute approximate surface area is 167 Å². The van der Waals surface area contributed by atoms with Gasteiger partial charge in [-0.05, 0) is 37.6 Å². The molecule has 2 aromatic carbocycles. The Hall–Kier alpha value is -1.89. The Morgan fingerprint density at radius 3 is 2.19 bits per heavy atom. The number of nitrogens with one attached hydrogen (secondary N) is 1. The molecule has 0 radical (unpaired) electrons. The average molecular weight is 409 g/mol. The fourth-order valence-corrected chi connectivity index (χ4v) is 4.83. The van der Waals surface area contributed by atoms with Crippen LogP contribution in [0.5, 0.6) is 0 Å². The highest BCUT2D eigenvalue weighted by Crippen LogP contribution is 2.21. The van der Waals surface area contributed by atoms with Crippen molar-refractivity contribution in [3.05, 3.63) is 65.7 Å². The number of sulfone groups is 1. The molecule has 1 aliphatic rings. The van der Waals surface area contributed by atoms with Crippen LogP contribution in [0.1, 0.15) is 29.8 Å². The van der Waals surface area contributed by atoms with Crippen LogP contribution in [-0.2, 0) is 15.6 Å². The number of carbonyl (C=O) groups is 1. The maximum Gasteiger partial charge on any atom is 0.254 e. The van der Waals surface area contributed by atoms with Crippen molar-refractivity contribution in [2.45, 2.75) is 36.6 Å². The normalized spacial score (nSPS) is 20.0. The number of nitrogens with zero attached hydrogens (tertiary/aromatic N) is 1. The third kappa shape index (κ3) is 5.09. The number of carbonyl (C=O) groups excluding carboxylic acids is 1. The summed E-state index contributed by atoms with van der Waals surface area (Å²) in [6, 6.07) is 15.8. The van der Waals surface area contributed by atoms with Gasteiger partial charge in [-0.15, -0.1) is 12.4 Å². The van der Waals surface area contributed by atoms with Crippen LogP contribution in [-0.4, -0.2) is 44.4 Å². The molecule has 1 amide bonds. The summed E-state index contributed by atoms with van der Waals surface area (Å²) in [5, 5.41) is 3.40. The van der Waals surface area contributed by atoms with Crippen molar-refractivity contribution < 1.29 is 13.2 Å². The second kappa shape index (κ2) is 8.87. The van der Waals surface area contributed by atoms with E-state index in [1.165, 1.54) is 0 Å². The van der Waals surface area contributed by atoms with Crippen LogP contribution < -0.4 is 5.32 Å². The number of hydrogen-bond donors (Lipinski definition) is 1. The second-order valence-corrected chi connectivity index (χ2v) is 8.90. The maximum atomic E-state index is 13.0. The van der Waals surface area contributed by atoms with Crippen molar-refractivity contribution in [3.8, 4) is 0 Å². The van der Waals surface area contributed by atoms with Gasteiger partial charge in [-0.25, -0.2) is 8.42 Å². The molecule has 1 aliphatic heterocycles. The first-order valence-corrected chi connectivity index (χ1v) is 10.4. The third-order valence-corrected chi connectivity index (χ3v) is 6.22. The quantitative estimate of drug-likeness (QED) is 0.844. The van der Waals surface area contributed by atoms with Gasteiger partial charge in [0, 0.05) is 30.7 Å². The van der Waals surface area contributed by atoms with Gasteiger partial charge in [0.25, 0.3) is 5.91 Å². The molecular formula is C20H25ClN2O3S. The fraction of sp³-hybridized carbons (Fsp3) is 0.350. The van der Waals surface area contributed by atoms with Gasteiger partial charge < -0.3 is 10.2 Å². The predicted molar refractivity (Wildman–Crippen MR) is 109 cm³/mol. The monoisotopic (exact) mass is 408 g/mol. The van der Waals surface area contributed by atoms with E-state index in [0.717, 1.165) is 0 Å². The van der Waals surface area contributed by atoms with Gasteiger partial charge in [0.05, 0.1) is 10.6 Å². The Morgan fingerprint density at radius 1 is 1.00 bits per heavy atom. The van der Waals surface area contributed by atoms with E-state index >= 15 is 0 Å². The number of rotatable bonds is 4. The van der Waals surface area contributed by atoms with Crippen LogP contribution in [0.25, 0.3) is 0 Å². The molecule has 27 heavy (non-hydrogen) atoms. The highest BCUT2D eigenvalue weighted by Gasteiger charge is 2.27. The second-order valence-electron chi connectivity index (χ2n) is 6.91. The van der Waals surface area contributed by atoms with Crippen LogP contribution in [0.4, 0.5) is 0 Å². The summed E-state index contributed by atoms with van der Waals surface area (Å²) in [6.45, 7) is 5.31. The Balaban J connectivity index is 0.00000261. The van der Waals surface area contributed by atoms with E-state index in [-0.39, 0.29) is 41.0 Å². The van der Waals surface area contributed by atoms with Crippen molar-refractivity contribution in [2.24, 2.45) is 0 Å². The number of halogens is 1. The summed E-state index contributed by atoms with van der Waals surface area (Å²) < 4.78 is 25.4. The Morgan fingerprint density at radius 2 is 1.56 bits per heavy atom. The van der Waals surface area contributed by atoms with E-state index in [4.69, 9.17) is 0 Å². The number of amides is 1. The molecule has 5 nitrogen and oxygen atoms in total. The van der Waals surface area contributed by atoms with Gasteiger partial charge in [-0.2, -0.15) is 0 Å². The third-order valence-electron chi connectivity index (χ3n) is 4.54. The Kier molecular flexibility index (Phi) is 7.03. The van der Waals surface area contributed by atoms with Crippen LogP contribution in [0.15, 0.2) is 59.5 Å². The van der Waals surface area contributed by atoms with Gasteiger partial charge in [-0.3, -0.25) is 4.79 Å². The molecule has 0 spiro atoms. The van der Waals surface area contributed by atoms with Crippen molar-refractivity contribution in [1.29, 1.82) is 0 Å². The zero-order chi connectivity index (χ0) is 18.7. The van der Waals surface area contributed by atoms with E-state index in [1.54, 1.807) is 59.5 Å². The van der Waals surface area contributed by atoms with E-state index in [0.29, 0.717) is 24.2 Å². The highest BCUT2D eigenvalue weighted by atomic mass is 35.5.